The number of carbonyl (C=O) groups is 1. The van der Waals surface area contributed by atoms with Crippen LogP contribution < -0.4 is 5.32 Å². The van der Waals surface area contributed by atoms with Crippen molar-refractivity contribution in [3.8, 4) is 21.1 Å². The van der Waals surface area contributed by atoms with E-state index in [1.165, 1.54) is 22.7 Å². The molecule has 1 N–H and O–H groups in total. The monoisotopic (exact) mass is 557 g/mol. The first kappa shape index (κ1) is 24.3. The molecular formula is C27H17N4O4S3-. The van der Waals surface area contributed by atoms with E-state index in [0.29, 0.717) is 32.0 Å². The lowest BCUT2D eigenvalue weighted by Gasteiger charge is -2.10. The highest BCUT2D eigenvalue weighted by molar-refractivity contribution is 7.86. The van der Waals surface area contributed by atoms with Gasteiger partial charge in [0.1, 0.15) is 20.1 Å². The smallest absolute Gasteiger partial charge is 0.255 e. The van der Waals surface area contributed by atoms with Crippen LogP contribution in [0.5, 0.6) is 0 Å². The van der Waals surface area contributed by atoms with Crippen LogP contribution in [0.2, 0.25) is 0 Å². The second kappa shape index (κ2) is 9.37. The number of amides is 1. The molecule has 0 aliphatic carbocycles. The summed E-state index contributed by atoms with van der Waals surface area (Å²) in [6.07, 6.45) is 3.14. The van der Waals surface area contributed by atoms with E-state index < -0.39 is 10.1 Å². The van der Waals surface area contributed by atoms with Crippen LogP contribution in [0.15, 0.2) is 84.0 Å². The van der Waals surface area contributed by atoms with Gasteiger partial charge in [-0.3, -0.25) is 9.78 Å². The molecule has 0 atom stereocenters. The predicted octanol–water partition coefficient (Wildman–Crippen LogP) is 6.10. The number of carbonyl (C=O) groups excluding carboxylic acids is 1. The van der Waals surface area contributed by atoms with Crippen molar-refractivity contribution in [1.82, 2.24) is 15.0 Å². The zero-order chi connectivity index (χ0) is 26.4. The number of fused-ring (bicyclic) bond motifs is 2. The average molecular weight is 558 g/mol. The Kier molecular flexibility index (Phi) is 6.00. The Balaban J connectivity index is 1.29. The average Bonchev–Trinajstić information content (AvgIpc) is 3.52. The summed E-state index contributed by atoms with van der Waals surface area (Å²) in [5, 5.41) is 4.32. The van der Waals surface area contributed by atoms with Crippen LogP contribution in [0.3, 0.4) is 0 Å². The number of hydrogen-bond acceptors (Lipinski definition) is 9. The van der Waals surface area contributed by atoms with Gasteiger partial charge in [-0.1, -0.05) is 6.07 Å². The SMILES string of the molecule is Cc1ccc2nc(-c3ccc4nc(-c5ccc(NC(=O)c6ccncc6)cc5)sc4c3)sc2c1S(=O)(=O)[O-]. The van der Waals surface area contributed by atoms with E-state index in [1.54, 1.807) is 43.6 Å². The van der Waals surface area contributed by atoms with E-state index >= 15 is 0 Å². The summed E-state index contributed by atoms with van der Waals surface area (Å²) in [5.74, 6) is -0.211. The minimum atomic E-state index is -4.63. The molecular weight excluding hydrogens is 541 g/mol. The van der Waals surface area contributed by atoms with Crippen molar-refractivity contribution in [2.24, 2.45) is 0 Å². The lowest BCUT2D eigenvalue weighted by Crippen LogP contribution is -2.11. The number of aromatic nitrogens is 3. The summed E-state index contributed by atoms with van der Waals surface area (Å²) < 4.78 is 36.9. The second-order valence-corrected chi connectivity index (χ2v) is 11.8. The standard InChI is InChI=1S/C27H18N4O4S3/c1-15-2-8-21-23(24(15)38(33,34)35)37-27(31-21)18-5-9-20-22(14-18)36-26(30-20)17-3-6-19(7-4-17)29-25(32)16-10-12-28-13-11-16/h2-14H,1H3,(H,29,32)(H,33,34,35)/p-1. The molecule has 1 amide bonds. The highest BCUT2D eigenvalue weighted by Gasteiger charge is 2.17. The van der Waals surface area contributed by atoms with Gasteiger partial charge in [0.25, 0.3) is 5.91 Å². The molecule has 0 spiro atoms. The number of aryl methyl sites for hydroxylation is 1. The minimum Gasteiger partial charge on any atom is -0.744 e. The number of thiazole rings is 2. The van der Waals surface area contributed by atoms with Gasteiger partial charge in [-0.05, 0) is 73.2 Å². The van der Waals surface area contributed by atoms with Crippen LogP contribution >= 0.6 is 22.7 Å². The summed E-state index contributed by atoms with van der Waals surface area (Å²) in [6, 6.07) is 19.9. The number of nitrogens with zero attached hydrogens (tertiary/aromatic N) is 3. The predicted molar refractivity (Wildman–Crippen MR) is 149 cm³/mol. The summed E-state index contributed by atoms with van der Waals surface area (Å²) in [7, 11) is -4.63. The number of hydrogen-bond donors (Lipinski definition) is 1. The highest BCUT2D eigenvalue weighted by Crippen LogP contribution is 2.38. The molecule has 188 valence electrons. The number of benzene rings is 3. The summed E-state index contributed by atoms with van der Waals surface area (Å²) in [6.45, 7) is 1.61. The summed E-state index contributed by atoms with van der Waals surface area (Å²) >= 11 is 2.71. The largest absolute Gasteiger partial charge is 0.744 e. The molecule has 3 aromatic heterocycles. The first-order chi connectivity index (χ1) is 18.3. The van der Waals surface area contributed by atoms with E-state index in [4.69, 9.17) is 4.98 Å². The molecule has 8 nitrogen and oxygen atoms in total. The van der Waals surface area contributed by atoms with Gasteiger partial charge in [0, 0.05) is 34.8 Å². The second-order valence-electron chi connectivity index (χ2n) is 8.50. The molecule has 0 fully saturated rings. The van der Waals surface area contributed by atoms with E-state index in [-0.39, 0.29) is 10.8 Å². The van der Waals surface area contributed by atoms with Gasteiger partial charge in [0.05, 0.1) is 25.3 Å². The van der Waals surface area contributed by atoms with Gasteiger partial charge in [0.15, 0.2) is 0 Å². The maximum atomic E-state index is 12.4. The van der Waals surface area contributed by atoms with Crippen LogP contribution in [-0.2, 0) is 10.1 Å². The Morgan fingerprint density at radius 3 is 2.24 bits per heavy atom. The molecule has 0 aliphatic heterocycles. The maximum absolute atomic E-state index is 12.4. The Labute approximate surface area is 225 Å². The third kappa shape index (κ3) is 4.56. The fourth-order valence-electron chi connectivity index (χ4n) is 4.08. The molecule has 0 bridgehead atoms. The van der Waals surface area contributed by atoms with Crippen molar-refractivity contribution in [3.05, 3.63) is 90.3 Å². The van der Waals surface area contributed by atoms with Gasteiger partial charge >= 0.3 is 0 Å². The molecule has 3 aromatic carbocycles. The van der Waals surface area contributed by atoms with Crippen LogP contribution in [0.25, 0.3) is 41.6 Å². The molecule has 6 rings (SSSR count). The Morgan fingerprint density at radius 1 is 0.842 bits per heavy atom. The minimum absolute atomic E-state index is 0.208. The Bertz CT molecular complexity index is 1950. The number of pyridine rings is 1. The molecule has 11 heteroatoms. The fraction of sp³-hybridized carbons (Fsp3) is 0.0370. The lowest BCUT2D eigenvalue weighted by molar-refractivity contribution is 0.102. The van der Waals surface area contributed by atoms with Crippen molar-refractivity contribution in [1.29, 1.82) is 0 Å². The zero-order valence-electron chi connectivity index (χ0n) is 19.7. The van der Waals surface area contributed by atoms with E-state index in [9.17, 15) is 17.8 Å². The van der Waals surface area contributed by atoms with Crippen molar-refractivity contribution in [2.45, 2.75) is 11.8 Å². The van der Waals surface area contributed by atoms with Gasteiger partial charge in [-0.2, -0.15) is 0 Å². The Morgan fingerprint density at radius 2 is 1.50 bits per heavy atom. The molecule has 6 aromatic rings. The number of nitrogens with one attached hydrogen (secondary N) is 1. The lowest BCUT2D eigenvalue weighted by atomic mass is 10.2. The fourth-order valence-corrected chi connectivity index (χ4v) is 7.37. The van der Waals surface area contributed by atoms with Crippen molar-refractivity contribution >= 4 is 64.8 Å². The molecule has 3 heterocycles. The number of rotatable bonds is 5. The maximum Gasteiger partial charge on any atom is 0.255 e. The first-order valence-corrected chi connectivity index (χ1v) is 14.4. The van der Waals surface area contributed by atoms with Gasteiger partial charge in [-0.15, -0.1) is 22.7 Å². The third-order valence-corrected chi connectivity index (χ3v) is 9.29. The Hall–Kier alpha value is -4.03. The van der Waals surface area contributed by atoms with Gasteiger partial charge in [0.2, 0.25) is 0 Å². The van der Waals surface area contributed by atoms with E-state index in [1.807, 2.05) is 42.5 Å². The zero-order valence-corrected chi connectivity index (χ0v) is 22.2. The van der Waals surface area contributed by atoms with Gasteiger partial charge in [-0.25, -0.2) is 18.4 Å². The highest BCUT2D eigenvalue weighted by atomic mass is 32.2. The van der Waals surface area contributed by atoms with Crippen LogP contribution in [0, 0.1) is 6.92 Å². The van der Waals surface area contributed by atoms with E-state index in [2.05, 4.69) is 15.3 Å². The normalized spacial score (nSPS) is 11.7. The molecule has 0 unspecified atom stereocenters. The van der Waals surface area contributed by atoms with Crippen molar-refractivity contribution in [2.75, 3.05) is 5.32 Å². The van der Waals surface area contributed by atoms with Gasteiger partial charge < -0.3 is 9.87 Å². The summed E-state index contributed by atoms with van der Waals surface area (Å²) in [5.41, 5.74) is 4.64. The quantitative estimate of drug-likeness (QED) is 0.254. The molecule has 0 aliphatic rings. The van der Waals surface area contributed by atoms with Crippen molar-refractivity contribution < 1.29 is 17.8 Å². The molecule has 0 saturated carbocycles. The number of anilines is 1. The first-order valence-electron chi connectivity index (χ1n) is 11.3. The van der Waals surface area contributed by atoms with E-state index in [0.717, 1.165) is 26.4 Å². The molecule has 0 radical (unpaired) electrons. The molecule has 38 heavy (non-hydrogen) atoms. The topological polar surface area (TPSA) is 125 Å². The molecule has 0 saturated heterocycles. The van der Waals surface area contributed by atoms with Crippen LogP contribution in [0.4, 0.5) is 5.69 Å². The third-order valence-electron chi connectivity index (χ3n) is 5.93. The van der Waals surface area contributed by atoms with Crippen LogP contribution in [-0.4, -0.2) is 33.8 Å². The van der Waals surface area contributed by atoms with Crippen molar-refractivity contribution in [3.63, 3.8) is 0 Å². The summed E-state index contributed by atoms with van der Waals surface area (Å²) in [4.78, 5) is 25.4. The van der Waals surface area contributed by atoms with Crippen LogP contribution in [0.1, 0.15) is 15.9 Å².